The number of hydrogen-bond acceptors (Lipinski definition) is 2. The van der Waals surface area contributed by atoms with Crippen molar-refractivity contribution in [2.45, 2.75) is 25.4 Å². The maximum atomic E-state index is 11.9. The lowest BCUT2D eigenvalue weighted by Crippen LogP contribution is -2.33. The van der Waals surface area contributed by atoms with Gasteiger partial charge in [0, 0.05) is 11.1 Å². The van der Waals surface area contributed by atoms with Crippen molar-refractivity contribution in [3.05, 3.63) is 28.7 Å². The molecule has 1 saturated heterocycles. The quantitative estimate of drug-likeness (QED) is 0.906. The van der Waals surface area contributed by atoms with Gasteiger partial charge in [0.05, 0.1) is 5.69 Å². The van der Waals surface area contributed by atoms with Gasteiger partial charge in [-0.1, -0.05) is 12.1 Å². The number of ether oxygens (including phenoxy) is 1. The summed E-state index contributed by atoms with van der Waals surface area (Å²) in [5.74, 6) is -0.0494. The van der Waals surface area contributed by atoms with E-state index in [0.717, 1.165) is 29.4 Å². The Morgan fingerprint density at radius 2 is 2.19 bits per heavy atom. The molecule has 1 N–H and O–H groups in total. The molecule has 0 radical (unpaired) electrons. The molecule has 1 amide bonds. The lowest BCUT2D eigenvalue weighted by molar-refractivity contribution is -0.129. The molecule has 86 valence electrons. The zero-order valence-electron chi connectivity index (χ0n) is 8.91. The summed E-state index contributed by atoms with van der Waals surface area (Å²) in [5.41, 5.74) is 0.793. The van der Waals surface area contributed by atoms with E-state index in [1.807, 2.05) is 24.3 Å². The minimum atomic E-state index is -0.291. The second-order valence-electron chi connectivity index (χ2n) is 3.82. The van der Waals surface area contributed by atoms with Crippen LogP contribution in [0.2, 0.25) is 0 Å². The van der Waals surface area contributed by atoms with E-state index in [4.69, 9.17) is 4.74 Å². The van der Waals surface area contributed by atoms with Gasteiger partial charge < -0.3 is 10.1 Å². The second kappa shape index (κ2) is 5.46. The zero-order valence-corrected chi connectivity index (χ0v) is 10.5. The van der Waals surface area contributed by atoms with Crippen molar-refractivity contribution in [3.63, 3.8) is 0 Å². The third-order valence-corrected chi connectivity index (χ3v) is 3.30. The van der Waals surface area contributed by atoms with Crippen LogP contribution in [-0.4, -0.2) is 18.6 Å². The highest BCUT2D eigenvalue weighted by Crippen LogP contribution is 2.22. The van der Waals surface area contributed by atoms with Gasteiger partial charge in [-0.2, -0.15) is 0 Å². The molecule has 0 spiro atoms. The molecule has 1 aromatic carbocycles. The Kier molecular flexibility index (Phi) is 3.96. The molecule has 1 atom stereocenters. The molecular formula is C12H14BrNO2. The third-order valence-electron chi connectivity index (χ3n) is 2.60. The number of halogens is 1. The monoisotopic (exact) mass is 283 g/mol. The van der Waals surface area contributed by atoms with Gasteiger partial charge in [0.25, 0.3) is 5.91 Å². The fourth-order valence-corrected chi connectivity index (χ4v) is 2.11. The number of rotatable bonds is 2. The fraction of sp³-hybridized carbons (Fsp3) is 0.417. The number of amides is 1. The van der Waals surface area contributed by atoms with E-state index in [0.29, 0.717) is 6.61 Å². The standard InChI is InChI=1S/C12H14BrNO2/c13-9-5-1-2-6-10(9)14-12(15)11-7-3-4-8-16-11/h1-2,5-6,11H,3-4,7-8H2,(H,14,15). The number of nitrogens with one attached hydrogen (secondary N) is 1. The first-order valence-corrected chi connectivity index (χ1v) is 6.23. The van der Waals surface area contributed by atoms with Crippen LogP contribution in [0.25, 0.3) is 0 Å². The summed E-state index contributed by atoms with van der Waals surface area (Å²) in [6, 6.07) is 7.57. The molecule has 1 aromatic rings. The highest BCUT2D eigenvalue weighted by molar-refractivity contribution is 9.10. The Bertz CT molecular complexity index is 375. The summed E-state index contributed by atoms with van der Waals surface area (Å²) in [4.78, 5) is 11.9. The van der Waals surface area contributed by atoms with Crippen LogP contribution in [-0.2, 0) is 9.53 Å². The van der Waals surface area contributed by atoms with Gasteiger partial charge >= 0.3 is 0 Å². The SMILES string of the molecule is O=C(Nc1ccccc1Br)C1CCCCO1. The fourth-order valence-electron chi connectivity index (χ4n) is 1.72. The van der Waals surface area contributed by atoms with Crippen molar-refractivity contribution in [3.8, 4) is 0 Å². The van der Waals surface area contributed by atoms with Gasteiger partial charge in [-0.15, -0.1) is 0 Å². The van der Waals surface area contributed by atoms with E-state index in [1.165, 1.54) is 0 Å². The molecule has 1 unspecified atom stereocenters. The number of carbonyl (C=O) groups excluding carboxylic acids is 1. The number of carbonyl (C=O) groups is 1. The minimum Gasteiger partial charge on any atom is -0.368 e. The molecule has 16 heavy (non-hydrogen) atoms. The molecule has 1 aliphatic heterocycles. The summed E-state index contributed by atoms with van der Waals surface area (Å²) >= 11 is 3.39. The Labute approximate surface area is 103 Å². The van der Waals surface area contributed by atoms with Crippen LogP contribution < -0.4 is 5.32 Å². The average Bonchev–Trinajstić information content (AvgIpc) is 2.33. The lowest BCUT2D eigenvalue weighted by atomic mass is 10.1. The number of hydrogen-bond donors (Lipinski definition) is 1. The van der Waals surface area contributed by atoms with Gasteiger partial charge in [0.1, 0.15) is 6.10 Å². The molecule has 1 heterocycles. The molecule has 4 heteroatoms. The number of para-hydroxylation sites is 1. The molecule has 2 rings (SSSR count). The van der Waals surface area contributed by atoms with E-state index < -0.39 is 0 Å². The van der Waals surface area contributed by atoms with E-state index in [-0.39, 0.29) is 12.0 Å². The van der Waals surface area contributed by atoms with Gasteiger partial charge in [-0.05, 0) is 47.3 Å². The molecule has 1 aliphatic rings. The van der Waals surface area contributed by atoms with Crippen LogP contribution >= 0.6 is 15.9 Å². The Balaban J connectivity index is 1.99. The van der Waals surface area contributed by atoms with E-state index in [1.54, 1.807) is 0 Å². The number of anilines is 1. The topological polar surface area (TPSA) is 38.3 Å². The second-order valence-corrected chi connectivity index (χ2v) is 4.68. The summed E-state index contributed by atoms with van der Waals surface area (Å²) in [7, 11) is 0. The summed E-state index contributed by atoms with van der Waals surface area (Å²) in [6.45, 7) is 0.689. The molecule has 0 aliphatic carbocycles. The average molecular weight is 284 g/mol. The highest BCUT2D eigenvalue weighted by Gasteiger charge is 2.22. The van der Waals surface area contributed by atoms with E-state index in [2.05, 4.69) is 21.2 Å². The van der Waals surface area contributed by atoms with Crippen LogP contribution in [0, 0.1) is 0 Å². The van der Waals surface area contributed by atoms with Crippen molar-refractivity contribution in [2.24, 2.45) is 0 Å². The maximum Gasteiger partial charge on any atom is 0.253 e. The normalized spacial score (nSPS) is 20.4. The maximum absolute atomic E-state index is 11.9. The van der Waals surface area contributed by atoms with Gasteiger partial charge in [-0.25, -0.2) is 0 Å². The first-order chi connectivity index (χ1) is 7.77. The van der Waals surface area contributed by atoms with E-state index in [9.17, 15) is 4.79 Å². The van der Waals surface area contributed by atoms with Crippen molar-refractivity contribution in [2.75, 3.05) is 11.9 Å². The molecule has 3 nitrogen and oxygen atoms in total. The van der Waals surface area contributed by atoms with Crippen molar-refractivity contribution < 1.29 is 9.53 Å². The predicted octanol–water partition coefficient (Wildman–Crippen LogP) is 2.96. The molecule has 0 aromatic heterocycles. The minimum absolute atomic E-state index is 0.0494. The largest absolute Gasteiger partial charge is 0.368 e. The van der Waals surface area contributed by atoms with Crippen molar-refractivity contribution >= 4 is 27.5 Å². The van der Waals surface area contributed by atoms with Crippen LogP contribution in [0.3, 0.4) is 0 Å². The molecular weight excluding hydrogens is 270 g/mol. The van der Waals surface area contributed by atoms with Crippen molar-refractivity contribution in [1.82, 2.24) is 0 Å². The van der Waals surface area contributed by atoms with Gasteiger partial charge in [0.2, 0.25) is 0 Å². The van der Waals surface area contributed by atoms with Crippen molar-refractivity contribution in [1.29, 1.82) is 0 Å². The first-order valence-electron chi connectivity index (χ1n) is 5.44. The van der Waals surface area contributed by atoms with Crippen LogP contribution in [0.1, 0.15) is 19.3 Å². The highest BCUT2D eigenvalue weighted by atomic mass is 79.9. The third kappa shape index (κ3) is 2.83. The summed E-state index contributed by atoms with van der Waals surface area (Å²) < 4.78 is 6.31. The van der Waals surface area contributed by atoms with Gasteiger partial charge in [0.15, 0.2) is 0 Å². The smallest absolute Gasteiger partial charge is 0.253 e. The van der Waals surface area contributed by atoms with Gasteiger partial charge in [-0.3, -0.25) is 4.79 Å². The molecule has 0 bridgehead atoms. The molecule has 0 saturated carbocycles. The zero-order chi connectivity index (χ0) is 11.4. The number of benzene rings is 1. The Morgan fingerprint density at radius 3 is 2.88 bits per heavy atom. The lowest BCUT2D eigenvalue weighted by Gasteiger charge is -2.21. The Hall–Kier alpha value is -0.870. The van der Waals surface area contributed by atoms with Crippen LogP contribution in [0.4, 0.5) is 5.69 Å². The Morgan fingerprint density at radius 1 is 1.38 bits per heavy atom. The summed E-state index contributed by atoms with van der Waals surface area (Å²) in [6.07, 6.45) is 2.64. The van der Waals surface area contributed by atoms with Crippen LogP contribution in [0.5, 0.6) is 0 Å². The van der Waals surface area contributed by atoms with Crippen LogP contribution in [0.15, 0.2) is 28.7 Å². The predicted molar refractivity (Wildman–Crippen MR) is 66.4 cm³/mol. The van der Waals surface area contributed by atoms with E-state index >= 15 is 0 Å². The first kappa shape index (κ1) is 11.6. The molecule has 1 fully saturated rings. The summed E-state index contributed by atoms with van der Waals surface area (Å²) in [5, 5.41) is 2.87.